The van der Waals surface area contributed by atoms with Gasteiger partial charge in [0.15, 0.2) is 17.7 Å². The number of likely N-dealkylation sites (N-methyl/N-ethyl adjacent to an activating group) is 1. The number of aromatic hydroxyl groups is 1. The zero-order valence-corrected chi connectivity index (χ0v) is 47.9. The molecule has 0 aliphatic carbocycles. The predicted octanol–water partition coefficient (Wildman–Crippen LogP) is 5.78. The minimum absolute atomic E-state index is 0.000377. The summed E-state index contributed by atoms with van der Waals surface area (Å²) >= 11 is 1.08. The molecule has 1 aromatic heterocycles. The van der Waals surface area contributed by atoms with Crippen LogP contribution in [0.2, 0.25) is 0 Å². The number of carbonyl (C=O) groups is 10. The minimum atomic E-state index is -1.09. The first-order chi connectivity index (χ1) is 36.7. The Labute approximate surface area is 462 Å². The molecule has 2 aromatic rings. The van der Waals surface area contributed by atoms with Crippen molar-refractivity contribution in [1.29, 1.82) is 0 Å². The van der Waals surface area contributed by atoms with Gasteiger partial charge < -0.3 is 42.0 Å². The van der Waals surface area contributed by atoms with Crippen molar-refractivity contribution in [2.24, 2.45) is 29.4 Å². The normalized spacial score (nSPS) is 15.3. The van der Waals surface area contributed by atoms with Gasteiger partial charge in [-0.15, -0.1) is 11.3 Å². The molecule has 0 saturated carbocycles. The zero-order valence-electron chi connectivity index (χ0n) is 47.1. The number of aliphatic carboxylic acids is 1. The number of ketones is 2. The summed E-state index contributed by atoms with van der Waals surface area (Å²) in [5.74, 6) is -6.58. The van der Waals surface area contributed by atoms with Crippen LogP contribution >= 0.6 is 11.3 Å². The number of phenolic OH excluding ortho intramolecular Hbond substituents is 1. The number of esters is 1. The number of nitrogens with one attached hydrogen (secondary N) is 4. The Bertz CT molecular complexity index is 2440. The van der Waals surface area contributed by atoms with Gasteiger partial charge in [0.2, 0.25) is 17.7 Å². The van der Waals surface area contributed by atoms with E-state index in [-0.39, 0.29) is 110 Å². The van der Waals surface area contributed by atoms with Crippen LogP contribution in [0.1, 0.15) is 166 Å². The van der Waals surface area contributed by atoms with Crippen LogP contribution in [0.5, 0.6) is 5.75 Å². The van der Waals surface area contributed by atoms with Gasteiger partial charge in [-0.1, -0.05) is 47.1 Å². The maximum atomic E-state index is 14.0. The summed E-state index contributed by atoms with van der Waals surface area (Å²) in [6.07, 6.45) is 4.89. The molecule has 0 fully saturated rings. The molecular weight excluding hydrogens is 1020 g/mol. The number of thiazole rings is 1. The predicted molar refractivity (Wildman–Crippen MR) is 295 cm³/mol. The Balaban J connectivity index is 1.68. The van der Waals surface area contributed by atoms with Gasteiger partial charge in [0.25, 0.3) is 17.7 Å². The molecule has 21 nitrogen and oxygen atoms in total. The van der Waals surface area contributed by atoms with E-state index < -0.39 is 77.2 Å². The van der Waals surface area contributed by atoms with Gasteiger partial charge in [-0.2, -0.15) is 0 Å². The number of nitrogens with two attached hydrogens (primary N) is 1. The molecule has 1 aliphatic rings. The van der Waals surface area contributed by atoms with Crippen molar-refractivity contribution in [2.75, 3.05) is 32.5 Å². The van der Waals surface area contributed by atoms with Crippen molar-refractivity contribution < 1.29 is 62.9 Å². The van der Waals surface area contributed by atoms with Gasteiger partial charge in [-0.3, -0.25) is 57.7 Å². The lowest BCUT2D eigenvalue weighted by atomic mass is 9.81. The van der Waals surface area contributed by atoms with Crippen molar-refractivity contribution >= 4 is 76.0 Å². The second kappa shape index (κ2) is 31.9. The number of carbonyl (C=O) groups excluding carboxylic acids is 9. The number of benzene rings is 1. The van der Waals surface area contributed by atoms with E-state index in [2.05, 4.69) is 26.3 Å². The van der Waals surface area contributed by atoms with Crippen molar-refractivity contribution in [1.82, 2.24) is 30.7 Å². The number of Topliss-reactive ketones (excluding diaryl/α,β-unsaturated/α-hetero) is 2. The number of unbranched alkanes of at least 4 members (excludes halogenated alkanes) is 2. The van der Waals surface area contributed by atoms with Gasteiger partial charge in [0, 0.05) is 81.1 Å². The van der Waals surface area contributed by atoms with Gasteiger partial charge in [-0.05, 0) is 115 Å². The quantitative estimate of drug-likeness (QED) is 0.0184. The summed E-state index contributed by atoms with van der Waals surface area (Å²) < 4.78 is 5.75. The summed E-state index contributed by atoms with van der Waals surface area (Å²) in [6, 6.07) is 2.42. The van der Waals surface area contributed by atoms with Crippen LogP contribution in [-0.2, 0) is 54.3 Å². The largest absolute Gasteiger partial charge is 0.506 e. The molecule has 22 heteroatoms. The first-order valence-electron chi connectivity index (χ1n) is 27.0. The number of aromatic nitrogens is 1. The molecule has 1 aliphatic heterocycles. The number of imide groups is 1. The molecule has 0 spiro atoms. The highest BCUT2D eigenvalue weighted by Gasteiger charge is 2.37. The zero-order chi connectivity index (χ0) is 58.4. The number of hydrogen-bond donors (Lipinski definition) is 7. The van der Waals surface area contributed by atoms with E-state index >= 15 is 0 Å². The molecule has 2 heterocycles. The van der Waals surface area contributed by atoms with E-state index in [9.17, 15) is 58.2 Å². The van der Waals surface area contributed by atoms with Crippen LogP contribution < -0.4 is 27.0 Å². The fraction of sp³-hybridized carbons (Fsp3) is 0.625. The van der Waals surface area contributed by atoms with E-state index in [0.717, 1.165) is 16.2 Å². The SMILES string of the molecule is CC[C@H](C)[C@H](CC(=O)C(C)(C)N(C)C)C(=O)N[C@H](C[C@@H](OC(C)=O)c1nc(C(=O)N[C@@H](Cc2ccc(O)c(NC(=O)CCCCC(=O)[C@H](CCCCN)NC(=O)CCCN3C(=O)C=CC3=O)c2)CC(C)C(=O)O)cs1)C(C)C. The maximum Gasteiger partial charge on any atom is 0.306 e. The lowest BCUT2D eigenvalue weighted by molar-refractivity contribution is -0.148. The van der Waals surface area contributed by atoms with Crippen LogP contribution in [-0.4, -0.2) is 135 Å². The van der Waals surface area contributed by atoms with E-state index in [1.807, 2.05) is 60.5 Å². The highest BCUT2D eigenvalue weighted by atomic mass is 32.1. The van der Waals surface area contributed by atoms with Crippen LogP contribution in [0.15, 0.2) is 35.7 Å². The highest BCUT2D eigenvalue weighted by Crippen LogP contribution is 2.31. The van der Waals surface area contributed by atoms with Gasteiger partial charge >= 0.3 is 11.9 Å². The number of hydrogen-bond acceptors (Lipinski definition) is 16. The van der Waals surface area contributed by atoms with Crippen LogP contribution in [0.4, 0.5) is 5.69 Å². The summed E-state index contributed by atoms with van der Waals surface area (Å²) in [5.41, 5.74) is 5.47. The van der Waals surface area contributed by atoms with E-state index in [0.29, 0.717) is 55.6 Å². The Hall–Kier alpha value is -6.39. The van der Waals surface area contributed by atoms with E-state index in [1.54, 1.807) is 6.07 Å². The third-order valence-corrected chi connectivity index (χ3v) is 15.4. The third-order valence-electron chi connectivity index (χ3n) is 14.5. The molecule has 0 saturated heterocycles. The number of amides is 6. The Kier molecular flexibility index (Phi) is 26.9. The molecule has 7 atom stereocenters. The van der Waals surface area contributed by atoms with Crippen LogP contribution in [0, 0.1) is 23.7 Å². The molecule has 78 heavy (non-hydrogen) atoms. The molecule has 0 radical (unpaired) electrons. The average molecular weight is 1110 g/mol. The summed E-state index contributed by atoms with van der Waals surface area (Å²) in [7, 11) is 3.63. The summed E-state index contributed by atoms with van der Waals surface area (Å²) in [6.45, 7) is 14.6. The standard InChI is InChI=1S/C56H84N8O13S/c1-11-34(4)39(30-47(68)56(7,8)63(9)10)52(73)61-41(33(2)3)31-46(77-36(6)65)54-62-43(32-78-54)53(74)58-38(27-35(5)55(75)76)28-37-21-22-45(67)42(29-37)60-48(69)19-13-12-18-44(66)40(17-14-15-25-57)59-49(70)20-16-26-64-50(71)23-24-51(64)72/h21-24,29,32-35,38-41,46,67H,11-20,25-28,30-31,57H2,1-10H3,(H,58,74)(H,59,70)(H,60,69)(H,61,73)(H,75,76)/t34-,35?,38+,39-,40-,41+,46+/m0/s1. The fourth-order valence-corrected chi connectivity index (χ4v) is 9.50. The highest BCUT2D eigenvalue weighted by molar-refractivity contribution is 7.09. The fourth-order valence-electron chi connectivity index (χ4n) is 8.66. The van der Waals surface area contributed by atoms with Crippen LogP contribution in [0.3, 0.4) is 0 Å². The number of rotatable bonds is 36. The molecule has 3 rings (SSSR count). The number of carboxylic acid groups (broad SMARTS) is 1. The number of carboxylic acids is 1. The number of nitrogens with zero attached hydrogens (tertiary/aromatic N) is 3. The topological polar surface area (TPSA) is 314 Å². The molecular formula is C56H84N8O13S. The summed E-state index contributed by atoms with van der Waals surface area (Å²) in [5, 5.41) is 33.9. The maximum absolute atomic E-state index is 14.0. The van der Waals surface area contributed by atoms with E-state index in [1.165, 1.54) is 43.5 Å². The lowest BCUT2D eigenvalue weighted by Gasteiger charge is -2.34. The molecule has 8 N–H and O–H groups in total. The van der Waals surface area contributed by atoms with Gasteiger partial charge in [-0.25, -0.2) is 4.98 Å². The van der Waals surface area contributed by atoms with Crippen molar-refractivity contribution in [3.05, 3.63) is 52.0 Å². The molecule has 1 aromatic carbocycles. The smallest absolute Gasteiger partial charge is 0.306 e. The number of phenols is 1. The first kappa shape index (κ1) is 65.9. The van der Waals surface area contributed by atoms with Gasteiger partial charge in [0.1, 0.15) is 16.5 Å². The Morgan fingerprint density at radius 1 is 0.872 bits per heavy atom. The second-order valence-corrected chi connectivity index (χ2v) is 22.3. The van der Waals surface area contributed by atoms with Crippen molar-refractivity contribution in [3.63, 3.8) is 0 Å². The first-order valence-corrected chi connectivity index (χ1v) is 27.9. The molecule has 0 bridgehead atoms. The monoisotopic (exact) mass is 1110 g/mol. The van der Waals surface area contributed by atoms with Crippen molar-refractivity contribution in [3.8, 4) is 5.75 Å². The Morgan fingerprint density at radius 2 is 1.53 bits per heavy atom. The number of anilines is 1. The second-order valence-electron chi connectivity index (χ2n) is 21.4. The summed E-state index contributed by atoms with van der Waals surface area (Å²) in [4.78, 5) is 136. The Morgan fingerprint density at radius 3 is 2.13 bits per heavy atom. The lowest BCUT2D eigenvalue weighted by Crippen LogP contribution is -2.49. The average Bonchev–Trinajstić information content (AvgIpc) is 4.00. The van der Waals surface area contributed by atoms with Crippen LogP contribution in [0.25, 0.3) is 0 Å². The molecule has 1 unspecified atom stereocenters. The number of ether oxygens (including phenoxy) is 1. The minimum Gasteiger partial charge on any atom is -0.506 e. The van der Waals surface area contributed by atoms with E-state index in [4.69, 9.17) is 10.5 Å². The van der Waals surface area contributed by atoms with Crippen molar-refractivity contribution in [2.45, 2.75) is 175 Å². The molecule has 432 valence electrons. The van der Waals surface area contributed by atoms with Gasteiger partial charge in [0.05, 0.1) is 23.2 Å². The third kappa shape index (κ3) is 21.1. The molecule has 6 amide bonds.